The molecule has 0 aliphatic carbocycles. The number of hydrogen-bond donors (Lipinski definition) is 2. The normalized spacial score (nSPS) is 14.5. The predicted molar refractivity (Wildman–Crippen MR) is 348 cm³/mol. The van der Waals surface area contributed by atoms with Crippen LogP contribution in [0.1, 0.15) is 271 Å². The Morgan fingerprint density at radius 3 is 1.16 bits per heavy atom. The van der Waals surface area contributed by atoms with Gasteiger partial charge in [-0.3, -0.25) is 9.36 Å². The van der Waals surface area contributed by atoms with Gasteiger partial charge in [-0.05, 0) is 103 Å². The minimum Gasteiger partial charge on any atom is -0.756 e. The van der Waals surface area contributed by atoms with Crippen molar-refractivity contribution in [3.8, 4) is 0 Å². The number of quaternary nitrogens is 1. The summed E-state index contributed by atoms with van der Waals surface area (Å²) in [5, 5.41) is 13.9. The number of rotatable bonds is 59. The van der Waals surface area contributed by atoms with E-state index in [0.29, 0.717) is 17.4 Å². The van der Waals surface area contributed by atoms with Crippen molar-refractivity contribution in [2.45, 2.75) is 283 Å². The highest BCUT2D eigenvalue weighted by molar-refractivity contribution is 7.45. The van der Waals surface area contributed by atoms with Gasteiger partial charge >= 0.3 is 0 Å². The van der Waals surface area contributed by atoms with Crippen molar-refractivity contribution in [3.05, 3.63) is 122 Å². The summed E-state index contributed by atoms with van der Waals surface area (Å²) in [6, 6.07) is -0.932. The molecule has 0 spiro atoms. The summed E-state index contributed by atoms with van der Waals surface area (Å²) in [5.41, 5.74) is 0. The highest BCUT2D eigenvalue weighted by Crippen LogP contribution is 2.38. The molecule has 0 radical (unpaired) electrons. The van der Waals surface area contributed by atoms with Crippen LogP contribution < -0.4 is 10.2 Å². The van der Waals surface area contributed by atoms with E-state index >= 15 is 0 Å². The zero-order valence-electron chi connectivity index (χ0n) is 52.5. The van der Waals surface area contributed by atoms with Crippen molar-refractivity contribution in [1.29, 1.82) is 0 Å². The van der Waals surface area contributed by atoms with Gasteiger partial charge in [0.05, 0.1) is 39.9 Å². The van der Waals surface area contributed by atoms with Crippen LogP contribution in [0.2, 0.25) is 0 Å². The predicted octanol–water partition coefficient (Wildman–Crippen LogP) is 20.2. The van der Waals surface area contributed by atoms with Crippen molar-refractivity contribution in [2.24, 2.45) is 0 Å². The van der Waals surface area contributed by atoms with Gasteiger partial charge in [0.2, 0.25) is 5.91 Å². The highest BCUT2D eigenvalue weighted by atomic mass is 31.2. The van der Waals surface area contributed by atoms with Gasteiger partial charge in [0.25, 0.3) is 7.82 Å². The molecule has 0 aliphatic rings. The molecule has 0 aromatic carbocycles. The number of nitrogens with zero attached hydrogens (tertiary/aromatic N) is 1. The number of hydrogen-bond acceptors (Lipinski definition) is 6. The number of allylic oxidation sites excluding steroid dienone is 19. The quantitative estimate of drug-likeness (QED) is 0.0272. The molecule has 1 amide bonds. The fraction of sp³-hybridized carbons (Fsp3) is 0.704. The smallest absolute Gasteiger partial charge is 0.268 e. The molecular weight excluding hydrogens is 1010 g/mol. The number of aliphatic hydroxyl groups excluding tert-OH is 1. The van der Waals surface area contributed by atoms with Crippen LogP contribution in [-0.4, -0.2) is 68.5 Å². The van der Waals surface area contributed by atoms with Gasteiger partial charge in [-0.1, -0.05) is 283 Å². The monoisotopic (exact) mass is 1130 g/mol. The zero-order valence-corrected chi connectivity index (χ0v) is 53.4. The van der Waals surface area contributed by atoms with E-state index in [1.54, 1.807) is 6.08 Å². The Morgan fingerprint density at radius 1 is 0.450 bits per heavy atom. The first-order chi connectivity index (χ1) is 39.0. The first kappa shape index (κ1) is 76.9. The maximum Gasteiger partial charge on any atom is 0.268 e. The third-order valence-electron chi connectivity index (χ3n) is 14.1. The Hall–Kier alpha value is -3.10. The van der Waals surface area contributed by atoms with E-state index in [9.17, 15) is 19.4 Å². The second kappa shape index (κ2) is 60.5. The van der Waals surface area contributed by atoms with E-state index in [4.69, 9.17) is 9.05 Å². The molecule has 0 saturated heterocycles. The van der Waals surface area contributed by atoms with Crippen LogP contribution in [0.25, 0.3) is 0 Å². The summed E-state index contributed by atoms with van der Waals surface area (Å²) in [4.78, 5) is 25.6. The van der Waals surface area contributed by atoms with Gasteiger partial charge in [0, 0.05) is 6.42 Å². The standard InChI is InChI=1S/C71H125N2O6P/c1-6-8-10-12-14-16-18-20-22-24-26-28-30-32-34-35-36-37-39-40-42-44-46-48-50-52-54-56-58-60-62-64-70(74)69(68-79-80(76,77)78-67-66-73(3,4)5)72-71(75)65-63-61-59-57-55-53-51-49-47-45-43-41-38-33-31-29-27-25-23-21-19-17-15-13-11-9-7-2/h9,11,15,17,21,23,27,29,33,38,43,45-46,48-49,51,54,56,62,64,69-70,74H,6-8,10,12-14,16,18-20,22,24-26,28,30-32,34-37,39-42,44,47,50,52-53,55,57-61,63,65-68H2,1-5H3,(H-,72,75,76,77)/b11-9-,17-15-,23-21-,29-27-,38-33-,45-43-,48-46+,51-49-,56-54+,64-62+. The van der Waals surface area contributed by atoms with E-state index in [1.807, 2.05) is 27.2 Å². The number of nitrogens with one attached hydrogen (secondary N) is 1. The molecule has 9 heteroatoms. The van der Waals surface area contributed by atoms with Gasteiger partial charge in [0.1, 0.15) is 13.2 Å². The third kappa shape index (κ3) is 62.5. The van der Waals surface area contributed by atoms with Crippen LogP contribution in [0.4, 0.5) is 0 Å². The van der Waals surface area contributed by atoms with E-state index in [2.05, 4.69) is 129 Å². The molecule has 0 aromatic rings. The molecular formula is C71H125N2O6P. The van der Waals surface area contributed by atoms with Gasteiger partial charge in [0.15, 0.2) is 0 Å². The number of likely N-dealkylation sites (N-methyl/N-ethyl adjacent to an activating group) is 1. The Balaban J connectivity index is 4.27. The summed E-state index contributed by atoms with van der Waals surface area (Å²) in [5.74, 6) is -0.233. The lowest BCUT2D eigenvalue weighted by molar-refractivity contribution is -0.870. The molecule has 460 valence electrons. The van der Waals surface area contributed by atoms with Crippen molar-refractivity contribution in [3.63, 3.8) is 0 Å². The van der Waals surface area contributed by atoms with E-state index < -0.39 is 26.6 Å². The topological polar surface area (TPSA) is 108 Å². The van der Waals surface area contributed by atoms with Gasteiger partial charge < -0.3 is 28.8 Å². The average molecular weight is 1130 g/mol. The summed E-state index contributed by atoms with van der Waals surface area (Å²) >= 11 is 0. The number of phosphoric ester groups is 1. The number of carbonyl (C=O) groups is 1. The van der Waals surface area contributed by atoms with E-state index in [1.165, 1.54) is 141 Å². The fourth-order valence-corrected chi connectivity index (χ4v) is 9.77. The lowest BCUT2D eigenvalue weighted by atomic mass is 10.0. The number of aliphatic hydroxyl groups is 1. The molecule has 8 nitrogen and oxygen atoms in total. The molecule has 0 bridgehead atoms. The number of amides is 1. The zero-order chi connectivity index (χ0) is 58.4. The minimum atomic E-state index is -4.63. The van der Waals surface area contributed by atoms with Crippen LogP contribution in [0.5, 0.6) is 0 Å². The number of unbranched alkanes of at least 4 members (excludes halogenated alkanes) is 28. The average Bonchev–Trinajstić information content (AvgIpc) is 3.42. The Kier molecular flexibility index (Phi) is 58.1. The molecule has 3 unspecified atom stereocenters. The van der Waals surface area contributed by atoms with Crippen LogP contribution in [-0.2, 0) is 18.4 Å². The summed E-state index contributed by atoms with van der Waals surface area (Å²) in [6.07, 6.45) is 90.3. The van der Waals surface area contributed by atoms with Crippen LogP contribution in [0.3, 0.4) is 0 Å². The van der Waals surface area contributed by atoms with Crippen molar-refractivity contribution in [2.75, 3.05) is 40.9 Å². The minimum absolute atomic E-state index is 0.0200. The molecule has 0 rings (SSSR count). The molecule has 0 aromatic heterocycles. The van der Waals surface area contributed by atoms with Crippen molar-refractivity contribution >= 4 is 13.7 Å². The number of phosphoric acid groups is 1. The summed E-state index contributed by atoms with van der Waals surface area (Å²) in [7, 11) is 1.21. The lowest BCUT2D eigenvalue weighted by Crippen LogP contribution is -2.45. The highest BCUT2D eigenvalue weighted by Gasteiger charge is 2.23. The maximum absolute atomic E-state index is 13.0. The first-order valence-corrected chi connectivity index (χ1v) is 34.4. The molecule has 0 aliphatic heterocycles. The van der Waals surface area contributed by atoms with Crippen LogP contribution >= 0.6 is 7.82 Å². The molecule has 0 saturated carbocycles. The Morgan fingerprint density at radius 2 is 0.775 bits per heavy atom. The Labute approximate surface area is 494 Å². The summed E-state index contributed by atoms with van der Waals surface area (Å²) < 4.78 is 23.4. The fourth-order valence-electron chi connectivity index (χ4n) is 9.05. The van der Waals surface area contributed by atoms with Gasteiger partial charge in [-0.15, -0.1) is 0 Å². The second-order valence-corrected chi connectivity index (χ2v) is 24.5. The maximum atomic E-state index is 13.0. The first-order valence-electron chi connectivity index (χ1n) is 32.9. The molecule has 3 atom stereocenters. The summed E-state index contributed by atoms with van der Waals surface area (Å²) in [6.45, 7) is 4.50. The Bertz CT molecular complexity index is 1720. The largest absolute Gasteiger partial charge is 0.756 e. The van der Waals surface area contributed by atoms with Crippen molar-refractivity contribution in [1.82, 2.24) is 5.32 Å². The van der Waals surface area contributed by atoms with E-state index in [0.717, 1.165) is 109 Å². The molecule has 0 fully saturated rings. The molecule has 2 N–H and O–H groups in total. The molecule has 0 heterocycles. The van der Waals surface area contributed by atoms with Crippen molar-refractivity contribution < 1.29 is 32.9 Å². The second-order valence-electron chi connectivity index (χ2n) is 23.1. The van der Waals surface area contributed by atoms with Gasteiger partial charge in [-0.25, -0.2) is 0 Å². The van der Waals surface area contributed by atoms with Crippen LogP contribution in [0.15, 0.2) is 122 Å². The third-order valence-corrected chi connectivity index (χ3v) is 15.1. The number of carbonyl (C=O) groups excluding carboxylic acids is 1. The van der Waals surface area contributed by atoms with Crippen LogP contribution in [0, 0.1) is 0 Å². The van der Waals surface area contributed by atoms with E-state index in [-0.39, 0.29) is 12.5 Å². The SMILES string of the molecule is CC/C=C\C/C=C\C/C=C\C/C=C\C/C=C\C/C=C\C/C=C\CCCCCCCC(=O)NC(COP(=O)([O-])OCC[N+](C)(C)C)C(O)/C=C/CC/C=C/CC/C=C/CCCCCCCCCCCCCCCCCCCCCCC. The van der Waals surface area contributed by atoms with Gasteiger partial charge in [-0.2, -0.15) is 0 Å². The lowest BCUT2D eigenvalue weighted by Gasteiger charge is -2.29. The molecule has 80 heavy (non-hydrogen) atoms.